The van der Waals surface area contributed by atoms with Gasteiger partial charge in [-0.2, -0.15) is 0 Å². The maximum atomic E-state index is 10.2. The standard InChI is InChI=1S/C11H22O2.Ce/c1-2-3-4-5-6-7-8-9-10-11(12)13;/h2-10H2,1H3,(H,12,13);. The Morgan fingerprint density at radius 3 is 1.79 bits per heavy atom. The molecule has 0 aliphatic heterocycles. The van der Waals surface area contributed by atoms with Crippen LogP contribution >= 0.6 is 0 Å². The molecule has 3 heteroatoms. The van der Waals surface area contributed by atoms with Crippen molar-refractivity contribution < 1.29 is 51.6 Å². The van der Waals surface area contributed by atoms with Gasteiger partial charge in [-0.3, -0.25) is 4.79 Å². The molecule has 0 amide bonds. The van der Waals surface area contributed by atoms with Gasteiger partial charge in [0.15, 0.2) is 0 Å². The Labute approximate surface area is 121 Å². The summed E-state index contributed by atoms with van der Waals surface area (Å²) in [5.74, 6) is -0.661. The van der Waals surface area contributed by atoms with E-state index in [0.29, 0.717) is 6.42 Å². The third kappa shape index (κ3) is 15.3. The zero-order valence-electron chi connectivity index (χ0n) is 9.22. The van der Waals surface area contributed by atoms with Crippen molar-refractivity contribution in [3.8, 4) is 0 Å². The fraction of sp³-hybridized carbons (Fsp3) is 0.909. The zero-order valence-corrected chi connectivity index (χ0v) is 12.4. The van der Waals surface area contributed by atoms with Gasteiger partial charge in [0.1, 0.15) is 0 Å². The third-order valence-electron chi connectivity index (χ3n) is 2.24. The molecule has 0 rings (SSSR count). The summed E-state index contributed by atoms with van der Waals surface area (Å²) in [7, 11) is 0. The summed E-state index contributed by atoms with van der Waals surface area (Å²) in [4.78, 5) is 10.2. The summed E-state index contributed by atoms with van der Waals surface area (Å²) in [5, 5.41) is 8.39. The van der Waals surface area contributed by atoms with E-state index in [2.05, 4.69) is 6.92 Å². The Kier molecular flexibility index (Phi) is 17.1. The summed E-state index contributed by atoms with van der Waals surface area (Å²) >= 11 is 0. The van der Waals surface area contributed by atoms with Crippen molar-refractivity contribution in [2.24, 2.45) is 0 Å². The van der Waals surface area contributed by atoms with E-state index in [1.807, 2.05) is 0 Å². The molecule has 0 fully saturated rings. The average Bonchev–Trinajstić information content (AvgIpc) is 2.09. The second-order valence-electron chi connectivity index (χ2n) is 3.62. The Hall–Kier alpha value is 0.847. The van der Waals surface area contributed by atoms with Crippen LogP contribution in [0.2, 0.25) is 0 Å². The summed E-state index contributed by atoms with van der Waals surface area (Å²) in [6.45, 7) is 2.22. The van der Waals surface area contributed by atoms with Crippen LogP contribution in [0.1, 0.15) is 64.7 Å². The summed E-state index contributed by atoms with van der Waals surface area (Å²) in [6.07, 6.45) is 10.1. The molecular formula is C11H22CeO2. The van der Waals surface area contributed by atoms with Gasteiger partial charge in [-0.15, -0.1) is 0 Å². The first kappa shape index (κ1) is 17.2. The van der Waals surface area contributed by atoms with E-state index in [-0.39, 0.29) is 41.7 Å². The molecule has 0 unspecified atom stereocenters. The fourth-order valence-corrected chi connectivity index (χ4v) is 1.41. The first-order valence-electron chi connectivity index (χ1n) is 5.49. The number of carboxylic acid groups (broad SMARTS) is 1. The minimum absolute atomic E-state index is 0. The van der Waals surface area contributed by atoms with E-state index >= 15 is 0 Å². The largest absolute Gasteiger partial charge is 0.481 e. The summed E-state index contributed by atoms with van der Waals surface area (Å²) in [5.41, 5.74) is 0. The van der Waals surface area contributed by atoms with E-state index < -0.39 is 5.97 Å². The van der Waals surface area contributed by atoms with E-state index in [1.165, 1.54) is 38.5 Å². The van der Waals surface area contributed by atoms with Crippen LogP contribution in [-0.2, 0) is 4.79 Å². The molecule has 0 radical (unpaired) electrons. The smallest absolute Gasteiger partial charge is 0.303 e. The SMILES string of the molecule is CCCCCCCCCCC(=O)O.[Ce]. The van der Waals surface area contributed by atoms with Crippen LogP contribution in [0.3, 0.4) is 0 Å². The van der Waals surface area contributed by atoms with Gasteiger partial charge in [-0.1, -0.05) is 51.9 Å². The average molecular weight is 326 g/mol. The van der Waals surface area contributed by atoms with Crippen LogP contribution in [0.15, 0.2) is 0 Å². The minimum Gasteiger partial charge on any atom is -0.481 e. The van der Waals surface area contributed by atoms with E-state index in [0.717, 1.165) is 12.8 Å². The predicted molar refractivity (Wildman–Crippen MR) is 54.9 cm³/mol. The molecule has 0 saturated heterocycles. The second-order valence-corrected chi connectivity index (χ2v) is 3.62. The number of rotatable bonds is 9. The molecule has 0 aliphatic carbocycles. The van der Waals surface area contributed by atoms with Gasteiger partial charge in [-0.05, 0) is 6.42 Å². The van der Waals surface area contributed by atoms with Crippen LogP contribution in [0.5, 0.6) is 0 Å². The Morgan fingerprint density at radius 2 is 1.36 bits per heavy atom. The van der Waals surface area contributed by atoms with Crippen LogP contribution in [-0.4, -0.2) is 11.1 Å². The van der Waals surface area contributed by atoms with Crippen LogP contribution in [0.4, 0.5) is 0 Å². The van der Waals surface area contributed by atoms with Gasteiger partial charge in [0.2, 0.25) is 0 Å². The molecule has 14 heavy (non-hydrogen) atoms. The normalized spacial score (nSPS) is 9.50. The first-order valence-corrected chi connectivity index (χ1v) is 5.49. The molecule has 0 aromatic heterocycles. The summed E-state index contributed by atoms with van der Waals surface area (Å²) < 4.78 is 0. The van der Waals surface area contributed by atoms with Crippen LogP contribution in [0.25, 0.3) is 0 Å². The zero-order chi connectivity index (χ0) is 9.94. The molecule has 0 atom stereocenters. The maximum Gasteiger partial charge on any atom is 0.303 e. The summed E-state index contributed by atoms with van der Waals surface area (Å²) in [6, 6.07) is 0. The second kappa shape index (κ2) is 13.8. The third-order valence-corrected chi connectivity index (χ3v) is 2.24. The Morgan fingerprint density at radius 1 is 0.929 bits per heavy atom. The van der Waals surface area contributed by atoms with Gasteiger partial charge in [-0.25, -0.2) is 0 Å². The fourth-order valence-electron chi connectivity index (χ4n) is 1.41. The molecule has 0 aromatic rings. The molecule has 0 heterocycles. The van der Waals surface area contributed by atoms with Gasteiger partial charge in [0.25, 0.3) is 0 Å². The van der Waals surface area contributed by atoms with Gasteiger partial charge in [0.05, 0.1) is 0 Å². The Balaban J connectivity index is 0. The molecule has 0 spiro atoms. The van der Waals surface area contributed by atoms with Crippen molar-refractivity contribution >= 4 is 5.97 Å². The molecule has 2 nitrogen and oxygen atoms in total. The van der Waals surface area contributed by atoms with E-state index in [9.17, 15) is 4.79 Å². The van der Waals surface area contributed by atoms with Gasteiger partial charge < -0.3 is 5.11 Å². The predicted octanol–water partition coefficient (Wildman–Crippen LogP) is 3.60. The monoisotopic (exact) mass is 326 g/mol. The number of aliphatic carboxylic acids is 1. The van der Waals surface area contributed by atoms with Crippen molar-refractivity contribution in [2.45, 2.75) is 64.7 Å². The van der Waals surface area contributed by atoms with Crippen molar-refractivity contribution in [2.75, 3.05) is 0 Å². The van der Waals surface area contributed by atoms with Crippen LogP contribution < -0.4 is 0 Å². The number of carbonyl (C=O) groups is 1. The first-order chi connectivity index (χ1) is 6.27. The molecular weight excluding hydrogens is 304 g/mol. The number of hydrogen-bond acceptors (Lipinski definition) is 1. The number of hydrogen-bond donors (Lipinski definition) is 1. The molecule has 1 N–H and O–H groups in total. The van der Waals surface area contributed by atoms with Crippen LogP contribution in [0, 0.1) is 41.7 Å². The van der Waals surface area contributed by atoms with E-state index in [4.69, 9.17) is 5.11 Å². The molecule has 0 aliphatic rings. The van der Waals surface area contributed by atoms with Crippen molar-refractivity contribution in [1.82, 2.24) is 0 Å². The molecule has 0 bridgehead atoms. The van der Waals surface area contributed by atoms with Gasteiger partial charge >= 0.3 is 5.97 Å². The van der Waals surface area contributed by atoms with E-state index in [1.54, 1.807) is 0 Å². The molecule has 0 aromatic carbocycles. The quantitative estimate of drug-likeness (QED) is 0.657. The topological polar surface area (TPSA) is 37.3 Å². The van der Waals surface area contributed by atoms with Crippen molar-refractivity contribution in [3.05, 3.63) is 0 Å². The van der Waals surface area contributed by atoms with Crippen molar-refractivity contribution in [3.63, 3.8) is 0 Å². The Bertz CT molecular complexity index is 126. The molecule has 0 saturated carbocycles. The number of carboxylic acids is 1. The maximum absolute atomic E-state index is 10.2. The van der Waals surface area contributed by atoms with Gasteiger partial charge in [0, 0.05) is 48.2 Å². The van der Waals surface area contributed by atoms with Crippen molar-refractivity contribution in [1.29, 1.82) is 0 Å². The number of unbranched alkanes of at least 4 members (excludes halogenated alkanes) is 7. The minimum atomic E-state index is -0.661. The molecule has 82 valence electrons.